The Labute approximate surface area is 132 Å². The minimum atomic E-state index is -0.480. The minimum absolute atomic E-state index is 0.226. The summed E-state index contributed by atoms with van der Waals surface area (Å²) in [6.45, 7) is 8.88. The Kier molecular flexibility index (Phi) is 5.29. The summed E-state index contributed by atoms with van der Waals surface area (Å²) < 4.78 is 10.8. The topological polar surface area (TPSA) is 59.6 Å². The molecule has 1 saturated heterocycles. The molecule has 1 aromatic carbocycles. The number of amides is 1. The zero-order valence-electron chi connectivity index (χ0n) is 13.8. The number of alkyl carbamates (subject to hydrolysis) is 1. The van der Waals surface area contributed by atoms with Crippen LogP contribution >= 0.6 is 0 Å². The number of rotatable bonds is 4. The number of anilines is 1. The summed E-state index contributed by atoms with van der Waals surface area (Å²) in [6.07, 6.45) is 0.842. The van der Waals surface area contributed by atoms with Crippen molar-refractivity contribution in [1.29, 1.82) is 0 Å². The summed E-state index contributed by atoms with van der Waals surface area (Å²) in [6, 6.07) is 8.38. The summed E-state index contributed by atoms with van der Waals surface area (Å²) in [4.78, 5) is 11.7. The van der Waals surface area contributed by atoms with Gasteiger partial charge in [-0.05, 0) is 51.8 Å². The van der Waals surface area contributed by atoms with E-state index in [1.807, 2.05) is 45.0 Å². The Morgan fingerprint density at radius 1 is 1.41 bits per heavy atom. The molecule has 1 heterocycles. The number of ether oxygens (including phenoxy) is 2. The van der Waals surface area contributed by atoms with Gasteiger partial charge >= 0.3 is 6.09 Å². The smallest absolute Gasteiger partial charge is 0.407 e. The fraction of sp³-hybridized carbons (Fsp3) is 0.588. The Balaban J connectivity index is 1.87. The fourth-order valence-corrected chi connectivity index (χ4v) is 2.39. The third-order valence-electron chi connectivity index (χ3n) is 3.49. The molecule has 0 spiro atoms. The van der Waals surface area contributed by atoms with Crippen LogP contribution in [0.1, 0.15) is 39.7 Å². The van der Waals surface area contributed by atoms with E-state index in [2.05, 4.69) is 17.6 Å². The monoisotopic (exact) mass is 306 g/mol. The molecule has 1 aliphatic heterocycles. The van der Waals surface area contributed by atoms with Gasteiger partial charge in [0.2, 0.25) is 0 Å². The van der Waals surface area contributed by atoms with E-state index in [0.717, 1.165) is 24.3 Å². The zero-order chi connectivity index (χ0) is 16.2. The van der Waals surface area contributed by atoms with Crippen LogP contribution in [0.4, 0.5) is 10.5 Å². The van der Waals surface area contributed by atoms with Gasteiger partial charge in [-0.2, -0.15) is 0 Å². The highest BCUT2D eigenvalue weighted by Crippen LogP contribution is 2.19. The van der Waals surface area contributed by atoms with Gasteiger partial charge in [0.05, 0.1) is 12.1 Å². The maximum Gasteiger partial charge on any atom is 0.407 e. The highest BCUT2D eigenvalue weighted by atomic mass is 16.6. The van der Waals surface area contributed by atoms with E-state index in [0.29, 0.717) is 12.6 Å². The lowest BCUT2D eigenvalue weighted by Crippen LogP contribution is -2.32. The van der Waals surface area contributed by atoms with Crippen molar-refractivity contribution in [1.82, 2.24) is 5.32 Å². The molecule has 1 fully saturated rings. The Morgan fingerprint density at radius 3 is 2.82 bits per heavy atom. The van der Waals surface area contributed by atoms with Gasteiger partial charge in [-0.3, -0.25) is 0 Å². The SMILES string of the molecule is CC1OCCC1Nc1cccc(CNC(=O)OC(C)(C)C)c1. The molecule has 0 aliphatic carbocycles. The van der Waals surface area contributed by atoms with Crippen LogP contribution in [0.25, 0.3) is 0 Å². The number of nitrogens with one attached hydrogen (secondary N) is 2. The van der Waals surface area contributed by atoms with E-state index in [1.54, 1.807) is 0 Å². The summed E-state index contributed by atoms with van der Waals surface area (Å²) in [5.41, 5.74) is 1.60. The molecule has 22 heavy (non-hydrogen) atoms. The van der Waals surface area contributed by atoms with Crippen molar-refractivity contribution < 1.29 is 14.3 Å². The van der Waals surface area contributed by atoms with Gasteiger partial charge in [0.15, 0.2) is 0 Å². The van der Waals surface area contributed by atoms with Crippen molar-refractivity contribution in [2.45, 2.75) is 58.4 Å². The molecule has 2 N–H and O–H groups in total. The number of hydrogen-bond acceptors (Lipinski definition) is 4. The van der Waals surface area contributed by atoms with Gasteiger partial charge in [-0.15, -0.1) is 0 Å². The van der Waals surface area contributed by atoms with Crippen molar-refractivity contribution in [3.63, 3.8) is 0 Å². The Hall–Kier alpha value is -1.75. The van der Waals surface area contributed by atoms with Crippen LogP contribution in [0.5, 0.6) is 0 Å². The second-order valence-corrected chi connectivity index (χ2v) is 6.67. The molecule has 1 amide bonds. The molecule has 1 aliphatic rings. The summed E-state index contributed by atoms with van der Waals surface area (Å²) in [5.74, 6) is 0. The molecule has 0 bridgehead atoms. The van der Waals surface area contributed by atoms with Crippen LogP contribution in [0.15, 0.2) is 24.3 Å². The fourth-order valence-electron chi connectivity index (χ4n) is 2.39. The second kappa shape index (κ2) is 7.01. The van der Waals surface area contributed by atoms with E-state index in [9.17, 15) is 4.79 Å². The summed E-state index contributed by atoms with van der Waals surface area (Å²) >= 11 is 0. The lowest BCUT2D eigenvalue weighted by Gasteiger charge is -2.20. The molecule has 1 aromatic rings. The van der Waals surface area contributed by atoms with Crippen LogP contribution in [0, 0.1) is 0 Å². The third kappa shape index (κ3) is 5.22. The van der Waals surface area contributed by atoms with Crippen LogP contribution < -0.4 is 10.6 Å². The van der Waals surface area contributed by atoms with Crippen molar-refractivity contribution in [2.75, 3.05) is 11.9 Å². The molecule has 2 unspecified atom stereocenters. The van der Waals surface area contributed by atoms with Crippen LogP contribution in [-0.2, 0) is 16.0 Å². The first kappa shape index (κ1) is 16.6. The molecule has 5 nitrogen and oxygen atoms in total. The average Bonchev–Trinajstić information content (AvgIpc) is 2.81. The number of hydrogen-bond donors (Lipinski definition) is 2. The molecule has 0 radical (unpaired) electrons. The lowest BCUT2D eigenvalue weighted by molar-refractivity contribution is 0.0523. The molecule has 0 saturated carbocycles. The molecule has 5 heteroatoms. The number of carbonyl (C=O) groups excluding carboxylic acids is 1. The van der Waals surface area contributed by atoms with Crippen molar-refractivity contribution in [2.24, 2.45) is 0 Å². The van der Waals surface area contributed by atoms with Crippen LogP contribution in [-0.4, -0.2) is 30.4 Å². The molecular formula is C17H26N2O3. The standard InChI is InChI=1S/C17H26N2O3/c1-12-15(8-9-21-12)19-14-7-5-6-13(10-14)11-18-16(20)22-17(2,3)4/h5-7,10,12,15,19H,8-9,11H2,1-4H3,(H,18,20). The van der Waals surface area contributed by atoms with Gasteiger partial charge < -0.3 is 20.1 Å². The van der Waals surface area contributed by atoms with Crippen molar-refractivity contribution in [3.8, 4) is 0 Å². The van der Waals surface area contributed by atoms with Gasteiger partial charge in [-0.25, -0.2) is 4.79 Å². The lowest BCUT2D eigenvalue weighted by atomic mass is 10.1. The van der Waals surface area contributed by atoms with Gasteiger partial charge in [0.25, 0.3) is 0 Å². The third-order valence-corrected chi connectivity index (χ3v) is 3.49. The first-order valence-corrected chi connectivity index (χ1v) is 7.77. The first-order valence-electron chi connectivity index (χ1n) is 7.77. The predicted octanol–water partition coefficient (Wildman–Crippen LogP) is 3.30. The number of carbonyl (C=O) groups is 1. The van der Waals surface area contributed by atoms with Gasteiger partial charge in [0.1, 0.15) is 5.60 Å². The summed E-state index contributed by atoms with van der Waals surface area (Å²) in [7, 11) is 0. The van der Waals surface area contributed by atoms with Crippen molar-refractivity contribution in [3.05, 3.63) is 29.8 Å². The number of benzene rings is 1. The quantitative estimate of drug-likeness (QED) is 0.896. The van der Waals surface area contributed by atoms with Crippen molar-refractivity contribution >= 4 is 11.8 Å². The van der Waals surface area contributed by atoms with E-state index in [4.69, 9.17) is 9.47 Å². The molecule has 2 rings (SSSR count). The molecular weight excluding hydrogens is 280 g/mol. The maximum atomic E-state index is 11.7. The van der Waals surface area contributed by atoms with Crippen LogP contribution in [0.3, 0.4) is 0 Å². The highest BCUT2D eigenvalue weighted by molar-refractivity contribution is 5.67. The van der Waals surface area contributed by atoms with E-state index >= 15 is 0 Å². The van der Waals surface area contributed by atoms with E-state index in [-0.39, 0.29) is 6.10 Å². The average molecular weight is 306 g/mol. The zero-order valence-corrected chi connectivity index (χ0v) is 13.8. The maximum absolute atomic E-state index is 11.7. The van der Waals surface area contributed by atoms with Gasteiger partial charge in [-0.1, -0.05) is 12.1 Å². The summed E-state index contributed by atoms with van der Waals surface area (Å²) in [5, 5.41) is 6.26. The normalized spacial score (nSPS) is 21.5. The van der Waals surface area contributed by atoms with E-state index < -0.39 is 11.7 Å². The van der Waals surface area contributed by atoms with Crippen LogP contribution in [0.2, 0.25) is 0 Å². The van der Waals surface area contributed by atoms with E-state index in [1.165, 1.54) is 0 Å². The second-order valence-electron chi connectivity index (χ2n) is 6.67. The predicted molar refractivity (Wildman–Crippen MR) is 87.0 cm³/mol. The largest absolute Gasteiger partial charge is 0.444 e. The molecule has 122 valence electrons. The first-order chi connectivity index (χ1) is 10.3. The molecule has 0 aromatic heterocycles. The Morgan fingerprint density at radius 2 is 2.18 bits per heavy atom. The minimum Gasteiger partial charge on any atom is -0.444 e. The molecule has 2 atom stereocenters. The Bertz CT molecular complexity index is 511. The van der Waals surface area contributed by atoms with Gasteiger partial charge in [0, 0.05) is 18.8 Å². The highest BCUT2D eigenvalue weighted by Gasteiger charge is 2.23.